The summed E-state index contributed by atoms with van der Waals surface area (Å²) < 4.78 is 2.05. The quantitative estimate of drug-likeness (QED) is 0.834. The molecule has 0 saturated heterocycles. The molecule has 0 fully saturated rings. The Morgan fingerprint density at radius 1 is 1.23 bits per heavy atom. The molecule has 2 heterocycles. The summed E-state index contributed by atoms with van der Waals surface area (Å²) >= 11 is 0. The molecule has 0 saturated carbocycles. The highest BCUT2D eigenvalue weighted by atomic mass is 16.2. The highest BCUT2D eigenvalue weighted by Crippen LogP contribution is 2.27. The second kappa shape index (κ2) is 7.76. The maximum absolute atomic E-state index is 12.9. The molecular formula is C19H27N5O2. The normalized spacial score (nSPS) is 15.6. The second-order valence-electron chi connectivity index (χ2n) is 6.81. The van der Waals surface area contributed by atoms with Crippen LogP contribution < -0.4 is 15.5 Å². The van der Waals surface area contributed by atoms with Gasteiger partial charge in [0.1, 0.15) is 6.04 Å². The van der Waals surface area contributed by atoms with E-state index in [0.29, 0.717) is 25.6 Å². The van der Waals surface area contributed by atoms with E-state index in [0.717, 1.165) is 23.9 Å². The molecule has 1 aliphatic heterocycles. The number of para-hydroxylation sites is 2. The van der Waals surface area contributed by atoms with Gasteiger partial charge in [0.05, 0.1) is 11.0 Å². The average molecular weight is 357 g/mol. The first-order valence-electron chi connectivity index (χ1n) is 9.37. The molecule has 0 unspecified atom stereocenters. The zero-order valence-corrected chi connectivity index (χ0v) is 15.7. The Labute approximate surface area is 153 Å². The van der Waals surface area contributed by atoms with E-state index in [9.17, 15) is 9.59 Å². The van der Waals surface area contributed by atoms with Crippen molar-refractivity contribution in [1.29, 1.82) is 0 Å². The number of carbonyl (C=O) groups is 2. The molecule has 0 spiro atoms. The van der Waals surface area contributed by atoms with Gasteiger partial charge in [0, 0.05) is 19.6 Å². The van der Waals surface area contributed by atoms with E-state index in [2.05, 4.69) is 15.6 Å². The first kappa shape index (κ1) is 18.2. The smallest absolute Gasteiger partial charge is 0.324 e. The minimum Gasteiger partial charge on any atom is -0.354 e. The van der Waals surface area contributed by atoms with Crippen molar-refractivity contribution in [3.8, 4) is 0 Å². The Bertz CT molecular complexity index is 800. The summed E-state index contributed by atoms with van der Waals surface area (Å²) in [6, 6.07) is 7.04. The summed E-state index contributed by atoms with van der Waals surface area (Å²) in [5.41, 5.74) is 1.90. The topological polar surface area (TPSA) is 79.3 Å². The third-order valence-electron chi connectivity index (χ3n) is 4.99. The first-order valence-corrected chi connectivity index (χ1v) is 9.37. The number of urea groups is 1. The largest absolute Gasteiger partial charge is 0.354 e. The van der Waals surface area contributed by atoms with Crippen LogP contribution >= 0.6 is 0 Å². The predicted molar refractivity (Wildman–Crippen MR) is 102 cm³/mol. The van der Waals surface area contributed by atoms with Crippen molar-refractivity contribution >= 4 is 28.9 Å². The van der Waals surface area contributed by atoms with Crippen molar-refractivity contribution in [1.82, 2.24) is 20.2 Å². The van der Waals surface area contributed by atoms with Crippen LogP contribution in [0.4, 0.5) is 10.7 Å². The van der Waals surface area contributed by atoms with E-state index < -0.39 is 6.04 Å². The van der Waals surface area contributed by atoms with E-state index in [4.69, 9.17) is 0 Å². The number of nitrogens with one attached hydrogen (secondary N) is 2. The molecule has 140 valence electrons. The van der Waals surface area contributed by atoms with Crippen LogP contribution in [0.25, 0.3) is 11.0 Å². The van der Waals surface area contributed by atoms with Crippen LogP contribution in [0.2, 0.25) is 0 Å². The Morgan fingerprint density at radius 2 is 2.00 bits per heavy atom. The predicted octanol–water partition coefficient (Wildman–Crippen LogP) is 2.51. The zero-order valence-electron chi connectivity index (χ0n) is 15.7. The number of hydrogen-bond acceptors (Lipinski definition) is 3. The first-order chi connectivity index (χ1) is 12.6. The van der Waals surface area contributed by atoms with Crippen LogP contribution in [0, 0.1) is 5.92 Å². The Hall–Kier alpha value is -2.57. The molecule has 0 bridgehead atoms. The van der Waals surface area contributed by atoms with Gasteiger partial charge >= 0.3 is 6.03 Å². The van der Waals surface area contributed by atoms with E-state index in [1.54, 1.807) is 4.90 Å². The van der Waals surface area contributed by atoms with Crippen LogP contribution in [0.15, 0.2) is 24.3 Å². The van der Waals surface area contributed by atoms with Gasteiger partial charge in [-0.2, -0.15) is 0 Å². The van der Waals surface area contributed by atoms with Gasteiger partial charge in [-0.05, 0) is 24.5 Å². The van der Waals surface area contributed by atoms with Gasteiger partial charge < -0.3 is 15.2 Å². The molecule has 7 heteroatoms. The number of anilines is 1. The fourth-order valence-electron chi connectivity index (χ4n) is 3.25. The van der Waals surface area contributed by atoms with Crippen molar-refractivity contribution < 1.29 is 9.59 Å². The maximum atomic E-state index is 12.9. The van der Waals surface area contributed by atoms with E-state index in [1.807, 2.05) is 49.6 Å². The number of carbonyl (C=O) groups excluding carboxylic acids is 2. The van der Waals surface area contributed by atoms with Gasteiger partial charge in [-0.1, -0.05) is 39.3 Å². The van der Waals surface area contributed by atoms with E-state index in [1.165, 1.54) is 0 Å². The highest BCUT2D eigenvalue weighted by molar-refractivity contribution is 5.96. The molecule has 3 rings (SSSR count). The molecule has 0 radical (unpaired) electrons. The van der Waals surface area contributed by atoms with Gasteiger partial charge in [0.25, 0.3) is 0 Å². The van der Waals surface area contributed by atoms with Gasteiger partial charge in [-0.15, -0.1) is 0 Å². The number of amides is 3. The number of fused-ring (bicyclic) bond motifs is 3. The van der Waals surface area contributed by atoms with Crippen molar-refractivity contribution in [2.24, 2.45) is 5.92 Å². The van der Waals surface area contributed by atoms with Gasteiger partial charge in [0.15, 0.2) is 0 Å². The van der Waals surface area contributed by atoms with Crippen LogP contribution in [0.5, 0.6) is 0 Å². The number of aromatic nitrogens is 2. The summed E-state index contributed by atoms with van der Waals surface area (Å²) in [6.45, 7) is 7.89. The summed E-state index contributed by atoms with van der Waals surface area (Å²) in [6.07, 6.45) is 1.67. The fraction of sp³-hybridized carbons (Fsp3) is 0.526. The van der Waals surface area contributed by atoms with Crippen molar-refractivity contribution in [3.63, 3.8) is 0 Å². The van der Waals surface area contributed by atoms with Crippen LogP contribution in [0.1, 0.15) is 33.6 Å². The molecule has 1 aromatic heterocycles. The summed E-state index contributed by atoms with van der Waals surface area (Å²) in [5, 5.41) is 5.82. The Balaban J connectivity index is 1.78. The van der Waals surface area contributed by atoms with Crippen molar-refractivity contribution in [2.45, 2.75) is 46.2 Å². The molecule has 1 aliphatic rings. The standard InChI is InChI=1S/C19H27N5O2/c1-4-10-20-17(25)16(13(3)5-2)22-19(26)24-12-11-23-15-9-7-6-8-14(15)21-18(23)24/h6-9,13,16H,4-5,10-12H2,1-3H3,(H,20,25)(H,22,26)/t13-,16-/m0/s1. The Kier molecular flexibility index (Phi) is 5.44. The summed E-state index contributed by atoms with van der Waals surface area (Å²) in [4.78, 5) is 31.6. The maximum Gasteiger partial charge on any atom is 0.324 e. The summed E-state index contributed by atoms with van der Waals surface area (Å²) in [5.74, 6) is 0.569. The van der Waals surface area contributed by atoms with Crippen molar-refractivity contribution in [3.05, 3.63) is 24.3 Å². The monoisotopic (exact) mass is 357 g/mol. The lowest BCUT2D eigenvalue weighted by molar-refractivity contribution is -0.124. The lowest BCUT2D eigenvalue weighted by atomic mass is 9.98. The van der Waals surface area contributed by atoms with E-state index in [-0.39, 0.29) is 17.9 Å². The van der Waals surface area contributed by atoms with Crippen LogP contribution in [-0.2, 0) is 11.3 Å². The number of benzene rings is 1. The third-order valence-corrected chi connectivity index (χ3v) is 4.99. The minimum absolute atomic E-state index is 0.0530. The molecule has 2 N–H and O–H groups in total. The molecule has 0 aliphatic carbocycles. The second-order valence-corrected chi connectivity index (χ2v) is 6.81. The fourth-order valence-corrected chi connectivity index (χ4v) is 3.25. The molecule has 2 aromatic rings. The summed E-state index contributed by atoms with van der Waals surface area (Å²) in [7, 11) is 0. The Morgan fingerprint density at radius 3 is 2.73 bits per heavy atom. The molecule has 7 nitrogen and oxygen atoms in total. The lowest BCUT2D eigenvalue weighted by Gasteiger charge is -2.25. The molecule has 3 amide bonds. The SMILES string of the molecule is CCCNC(=O)[C@@H](NC(=O)N1CCn2c1nc1ccccc12)[C@@H](C)CC. The number of nitrogens with zero attached hydrogens (tertiary/aromatic N) is 3. The van der Waals surface area contributed by atoms with Crippen LogP contribution in [-0.4, -0.2) is 40.6 Å². The molecular weight excluding hydrogens is 330 g/mol. The van der Waals surface area contributed by atoms with Crippen molar-refractivity contribution in [2.75, 3.05) is 18.0 Å². The van der Waals surface area contributed by atoms with E-state index >= 15 is 0 Å². The highest BCUT2D eigenvalue weighted by Gasteiger charge is 2.32. The number of rotatable bonds is 6. The molecule has 1 aromatic carbocycles. The average Bonchev–Trinajstić information content (AvgIpc) is 3.22. The lowest BCUT2D eigenvalue weighted by Crippen LogP contribution is -2.54. The minimum atomic E-state index is -0.544. The van der Waals surface area contributed by atoms with Gasteiger partial charge in [0.2, 0.25) is 11.9 Å². The third kappa shape index (κ3) is 3.38. The number of imidazole rings is 1. The molecule has 26 heavy (non-hydrogen) atoms. The zero-order chi connectivity index (χ0) is 18.7. The van der Waals surface area contributed by atoms with Gasteiger partial charge in [-0.3, -0.25) is 9.69 Å². The number of hydrogen-bond donors (Lipinski definition) is 2. The molecule has 2 atom stereocenters. The van der Waals surface area contributed by atoms with Gasteiger partial charge in [-0.25, -0.2) is 9.78 Å². The van der Waals surface area contributed by atoms with Crippen LogP contribution in [0.3, 0.4) is 0 Å².